The third kappa shape index (κ3) is 3.89. The molecule has 1 aromatic heterocycles. The molecule has 0 fully saturated rings. The van der Waals surface area contributed by atoms with Crippen molar-refractivity contribution in [2.24, 2.45) is 5.73 Å². The van der Waals surface area contributed by atoms with Crippen LogP contribution in [0.5, 0.6) is 0 Å². The first-order valence-corrected chi connectivity index (χ1v) is 7.16. The molecule has 0 radical (unpaired) electrons. The van der Waals surface area contributed by atoms with E-state index in [1.54, 1.807) is 18.3 Å². The number of hydrogen-bond donors (Lipinski definition) is 2. The minimum Gasteiger partial charge on any atom is -0.345 e. The zero-order chi connectivity index (χ0) is 15.2. The van der Waals surface area contributed by atoms with Crippen LogP contribution in [-0.4, -0.2) is 10.9 Å². The Morgan fingerprint density at radius 1 is 1.29 bits per heavy atom. The van der Waals surface area contributed by atoms with Crippen LogP contribution in [0.1, 0.15) is 46.6 Å². The number of carbonyl (C=O) groups excluding carboxylic acids is 1. The first-order chi connectivity index (χ1) is 10.1. The molecule has 2 rings (SSSR count). The van der Waals surface area contributed by atoms with E-state index in [2.05, 4.69) is 48.4 Å². The number of rotatable bonds is 5. The van der Waals surface area contributed by atoms with Gasteiger partial charge in [-0.25, -0.2) is 0 Å². The molecule has 21 heavy (non-hydrogen) atoms. The van der Waals surface area contributed by atoms with Gasteiger partial charge in [-0.2, -0.15) is 0 Å². The lowest BCUT2D eigenvalue weighted by Gasteiger charge is -2.18. The monoisotopic (exact) mass is 283 g/mol. The summed E-state index contributed by atoms with van der Waals surface area (Å²) in [7, 11) is 0. The average molecular weight is 283 g/mol. The van der Waals surface area contributed by atoms with E-state index in [-0.39, 0.29) is 11.9 Å². The fraction of sp³-hybridized carbons (Fsp3) is 0.294. The molecular weight excluding hydrogens is 262 g/mol. The summed E-state index contributed by atoms with van der Waals surface area (Å²) in [5.74, 6) is -0.0977. The third-order valence-corrected chi connectivity index (χ3v) is 3.48. The first kappa shape index (κ1) is 15.2. The summed E-state index contributed by atoms with van der Waals surface area (Å²) in [5.41, 5.74) is 9.19. The normalized spacial score (nSPS) is 12.0. The number of carbonyl (C=O) groups is 1. The Labute approximate surface area is 125 Å². The fourth-order valence-electron chi connectivity index (χ4n) is 2.19. The van der Waals surface area contributed by atoms with Crippen molar-refractivity contribution in [3.05, 3.63) is 65.0 Å². The van der Waals surface area contributed by atoms with Crippen molar-refractivity contribution in [3.63, 3.8) is 0 Å². The van der Waals surface area contributed by atoms with E-state index in [9.17, 15) is 4.79 Å². The minimum absolute atomic E-state index is 0.00703. The van der Waals surface area contributed by atoms with Gasteiger partial charge in [0.1, 0.15) is 0 Å². The van der Waals surface area contributed by atoms with Crippen LogP contribution in [0.25, 0.3) is 0 Å². The molecule has 1 unspecified atom stereocenters. The molecule has 4 heteroatoms. The summed E-state index contributed by atoms with van der Waals surface area (Å²) >= 11 is 0. The first-order valence-electron chi connectivity index (χ1n) is 7.16. The second kappa shape index (κ2) is 6.99. The predicted molar refractivity (Wildman–Crippen MR) is 83.8 cm³/mol. The van der Waals surface area contributed by atoms with Crippen LogP contribution in [0.3, 0.4) is 0 Å². The van der Waals surface area contributed by atoms with Gasteiger partial charge in [-0.1, -0.05) is 36.8 Å². The van der Waals surface area contributed by atoms with Crippen LogP contribution in [-0.2, 0) is 6.54 Å². The van der Waals surface area contributed by atoms with Gasteiger partial charge in [0.2, 0.25) is 0 Å². The van der Waals surface area contributed by atoms with Gasteiger partial charge in [-0.3, -0.25) is 9.78 Å². The Morgan fingerprint density at radius 2 is 2.00 bits per heavy atom. The summed E-state index contributed by atoms with van der Waals surface area (Å²) in [6.45, 7) is 4.44. The van der Waals surface area contributed by atoms with Crippen LogP contribution in [0, 0.1) is 6.92 Å². The maximum Gasteiger partial charge on any atom is 0.251 e. The number of nitrogens with two attached hydrogens (primary N) is 1. The van der Waals surface area contributed by atoms with E-state index >= 15 is 0 Å². The Kier molecular flexibility index (Phi) is 5.06. The lowest BCUT2D eigenvalue weighted by atomic mass is 10.0. The molecule has 4 nitrogen and oxygen atoms in total. The molecule has 1 aromatic carbocycles. The maximum absolute atomic E-state index is 12.3. The van der Waals surface area contributed by atoms with Crippen molar-refractivity contribution < 1.29 is 4.79 Å². The van der Waals surface area contributed by atoms with Crippen LogP contribution < -0.4 is 11.1 Å². The van der Waals surface area contributed by atoms with Gasteiger partial charge in [0.05, 0.1) is 11.7 Å². The van der Waals surface area contributed by atoms with Crippen molar-refractivity contribution in [1.82, 2.24) is 10.3 Å². The van der Waals surface area contributed by atoms with Crippen molar-refractivity contribution >= 4 is 5.91 Å². The lowest BCUT2D eigenvalue weighted by Crippen LogP contribution is -2.28. The number of aromatic nitrogens is 1. The number of benzene rings is 1. The zero-order valence-electron chi connectivity index (χ0n) is 12.5. The Hall–Kier alpha value is -2.20. The Bertz CT molecular complexity index is 608. The number of pyridine rings is 1. The van der Waals surface area contributed by atoms with E-state index in [1.165, 1.54) is 5.56 Å². The summed E-state index contributed by atoms with van der Waals surface area (Å²) < 4.78 is 0. The molecule has 1 amide bonds. The Morgan fingerprint density at radius 3 is 2.62 bits per heavy atom. The molecule has 0 spiro atoms. The zero-order valence-corrected chi connectivity index (χ0v) is 12.5. The number of aryl methyl sites for hydroxylation is 1. The molecule has 1 heterocycles. The molecular formula is C17H21N3O. The number of nitrogens with zero attached hydrogens (tertiary/aromatic N) is 1. The number of nitrogens with one attached hydrogen (secondary N) is 1. The molecule has 110 valence electrons. The standard InChI is InChI=1S/C17H21N3O/c1-3-16(13-6-4-12(2)5-7-13)20-17(21)14-8-9-19-15(10-14)11-18/h4-10,16H,3,11,18H2,1-2H3,(H,20,21). The SMILES string of the molecule is CCC(NC(=O)c1ccnc(CN)c1)c1ccc(C)cc1. The average Bonchev–Trinajstić information content (AvgIpc) is 2.53. The fourth-order valence-corrected chi connectivity index (χ4v) is 2.19. The summed E-state index contributed by atoms with van der Waals surface area (Å²) in [6, 6.07) is 11.7. The van der Waals surface area contributed by atoms with Crippen LogP contribution in [0.2, 0.25) is 0 Å². The van der Waals surface area contributed by atoms with Crippen molar-refractivity contribution in [1.29, 1.82) is 0 Å². The highest BCUT2D eigenvalue weighted by Gasteiger charge is 2.14. The topological polar surface area (TPSA) is 68.0 Å². The van der Waals surface area contributed by atoms with E-state index in [0.29, 0.717) is 17.8 Å². The maximum atomic E-state index is 12.3. The number of amides is 1. The summed E-state index contributed by atoms with van der Waals surface area (Å²) in [6.07, 6.45) is 2.45. The molecule has 1 atom stereocenters. The molecule has 3 N–H and O–H groups in total. The van der Waals surface area contributed by atoms with E-state index in [0.717, 1.165) is 12.0 Å². The smallest absolute Gasteiger partial charge is 0.251 e. The van der Waals surface area contributed by atoms with Gasteiger partial charge in [0, 0.05) is 18.3 Å². The highest BCUT2D eigenvalue weighted by Crippen LogP contribution is 2.18. The molecule has 0 aliphatic carbocycles. The van der Waals surface area contributed by atoms with Crippen LogP contribution in [0.4, 0.5) is 0 Å². The largest absolute Gasteiger partial charge is 0.345 e. The second-order valence-corrected chi connectivity index (χ2v) is 5.08. The highest BCUT2D eigenvalue weighted by molar-refractivity contribution is 5.94. The summed E-state index contributed by atoms with van der Waals surface area (Å²) in [5, 5.41) is 3.06. The molecule has 0 aliphatic rings. The molecule has 0 saturated heterocycles. The predicted octanol–water partition coefficient (Wildman–Crippen LogP) is 2.73. The van der Waals surface area contributed by atoms with Gasteiger partial charge in [0.15, 0.2) is 0 Å². The van der Waals surface area contributed by atoms with E-state index in [1.807, 2.05) is 0 Å². The van der Waals surface area contributed by atoms with Gasteiger partial charge >= 0.3 is 0 Å². The van der Waals surface area contributed by atoms with Gasteiger partial charge in [0.25, 0.3) is 5.91 Å². The molecule has 0 bridgehead atoms. The van der Waals surface area contributed by atoms with Crippen molar-refractivity contribution in [2.75, 3.05) is 0 Å². The van der Waals surface area contributed by atoms with Crippen molar-refractivity contribution in [2.45, 2.75) is 32.9 Å². The van der Waals surface area contributed by atoms with E-state index in [4.69, 9.17) is 5.73 Å². The molecule has 0 saturated carbocycles. The van der Waals surface area contributed by atoms with Crippen LogP contribution in [0.15, 0.2) is 42.6 Å². The quantitative estimate of drug-likeness (QED) is 0.886. The highest BCUT2D eigenvalue weighted by atomic mass is 16.1. The second-order valence-electron chi connectivity index (χ2n) is 5.08. The Balaban J connectivity index is 2.14. The molecule has 0 aliphatic heterocycles. The van der Waals surface area contributed by atoms with Crippen molar-refractivity contribution in [3.8, 4) is 0 Å². The van der Waals surface area contributed by atoms with Gasteiger partial charge in [-0.05, 0) is 31.0 Å². The lowest BCUT2D eigenvalue weighted by molar-refractivity contribution is 0.0935. The number of hydrogen-bond acceptors (Lipinski definition) is 3. The van der Waals surface area contributed by atoms with E-state index < -0.39 is 0 Å². The molecule has 2 aromatic rings. The third-order valence-electron chi connectivity index (χ3n) is 3.48. The summed E-state index contributed by atoms with van der Waals surface area (Å²) in [4.78, 5) is 16.4. The van der Waals surface area contributed by atoms with Gasteiger partial charge < -0.3 is 11.1 Å². The van der Waals surface area contributed by atoms with Crippen LogP contribution >= 0.6 is 0 Å². The minimum atomic E-state index is -0.0977. The van der Waals surface area contributed by atoms with Gasteiger partial charge in [-0.15, -0.1) is 0 Å².